The van der Waals surface area contributed by atoms with E-state index in [0.29, 0.717) is 11.2 Å². The van der Waals surface area contributed by atoms with Gasteiger partial charge in [0.15, 0.2) is 5.78 Å². The molecule has 0 N–H and O–H groups in total. The van der Waals surface area contributed by atoms with E-state index < -0.39 is 0 Å². The van der Waals surface area contributed by atoms with Crippen molar-refractivity contribution in [2.75, 3.05) is 0 Å². The average Bonchev–Trinajstić information content (AvgIpc) is 2.35. The lowest BCUT2D eigenvalue weighted by Gasteiger charge is -2.60. The van der Waals surface area contributed by atoms with Crippen LogP contribution in [0.3, 0.4) is 0 Å². The summed E-state index contributed by atoms with van der Waals surface area (Å²) >= 11 is 0. The highest BCUT2D eigenvalue weighted by molar-refractivity contribution is 6.02. The third-order valence-corrected chi connectivity index (χ3v) is 6.27. The number of hydrogen-bond donors (Lipinski definition) is 0. The van der Waals surface area contributed by atoms with Crippen LogP contribution < -0.4 is 0 Å². The predicted molar refractivity (Wildman–Crippen MR) is 80.7 cm³/mol. The molecule has 0 saturated heterocycles. The SMILES string of the molecule is Cc1cc(F)ccc1C(=O)C12CC3CC(CC(C)(C3)C1)C2. The van der Waals surface area contributed by atoms with Crippen LogP contribution in [0.4, 0.5) is 4.39 Å². The van der Waals surface area contributed by atoms with Gasteiger partial charge in [-0.2, -0.15) is 0 Å². The minimum Gasteiger partial charge on any atom is -0.294 e. The first kappa shape index (κ1) is 13.5. The minimum atomic E-state index is -0.249. The predicted octanol–water partition coefficient (Wildman–Crippen LogP) is 4.92. The molecule has 0 radical (unpaired) electrons. The van der Waals surface area contributed by atoms with Crippen molar-refractivity contribution in [1.29, 1.82) is 0 Å². The van der Waals surface area contributed by atoms with E-state index in [-0.39, 0.29) is 11.2 Å². The van der Waals surface area contributed by atoms with Gasteiger partial charge in [-0.05, 0) is 86.5 Å². The summed E-state index contributed by atoms with van der Waals surface area (Å²) in [5.41, 5.74) is 1.76. The van der Waals surface area contributed by atoms with Crippen molar-refractivity contribution in [3.05, 3.63) is 35.1 Å². The molecule has 2 unspecified atom stereocenters. The molecular weight excluding hydrogens is 263 g/mol. The van der Waals surface area contributed by atoms with Gasteiger partial charge in [-0.25, -0.2) is 4.39 Å². The smallest absolute Gasteiger partial charge is 0.169 e. The Labute approximate surface area is 125 Å². The van der Waals surface area contributed by atoms with E-state index >= 15 is 0 Å². The zero-order chi connectivity index (χ0) is 14.8. The van der Waals surface area contributed by atoms with Crippen molar-refractivity contribution in [1.82, 2.24) is 0 Å². The molecule has 2 heteroatoms. The van der Waals surface area contributed by atoms with Crippen LogP contribution in [0.1, 0.15) is 61.4 Å². The second-order valence-corrected chi connectivity index (χ2v) is 8.34. The van der Waals surface area contributed by atoms with E-state index in [4.69, 9.17) is 0 Å². The molecule has 0 amide bonds. The van der Waals surface area contributed by atoms with Crippen molar-refractivity contribution < 1.29 is 9.18 Å². The molecule has 0 heterocycles. The highest BCUT2D eigenvalue weighted by Gasteiger charge is 2.58. The van der Waals surface area contributed by atoms with Gasteiger partial charge in [0.1, 0.15) is 5.82 Å². The van der Waals surface area contributed by atoms with E-state index in [1.54, 1.807) is 6.07 Å². The van der Waals surface area contributed by atoms with E-state index in [1.807, 2.05) is 6.92 Å². The molecule has 4 aliphatic carbocycles. The van der Waals surface area contributed by atoms with Crippen LogP contribution in [0.15, 0.2) is 18.2 Å². The number of carbonyl (C=O) groups excluding carboxylic acids is 1. The molecule has 112 valence electrons. The van der Waals surface area contributed by atoms with Crippen molar-refractivity contribution in [3.8, 4) is 0 Å². The van der Waals surface area contributed by atoms with Gasteiger partial charge in [0.25, 0.3) is 0 Å². The molecule has 0 aliphatic heterocycles. The molecule has 21 heavy (non-hydrogen) atoms. The molecular formula is C19H23FO. The van der Waals surface area contributed by atoms with Crippen LogP contribution in [0.2, 0.25) is 0 Å². The Morgan fingerprint density at radius 1 is 1.19 bits per heavy atom. The summed E-state index contributed by atoms with van der Waals surface area (Å²) in [5, 5.41) is 0. The third-order valence-electron chi connectivity index (χ3n) is 6.27. The maximum atomic E-state index is 13.3. The summed E-state index contributed by atoms with van der Waals surface area (Å²) in [6.45, 7) is 4.24. The van der Waals surface area contributed by atoms with Crippen molar-refractivity contribution in [3.63, 3.8) is 0 Å². The zero-order valence-corrected chi connectivity index (χ0v) is 12.9. The van der Waals surface area contributed by atoms with Crippen LogP contribution in [0, 0.1) is 35.4 Å². The molecule has 1 nitrogen and oxygen atoms in total. The second-order valence-electron chi connectivity index (χ2n) is 8.34. The van der Waals surface area contributed by atoms with Crippen LogP contribution in [-0.4, -0.2) is 5.78 Å². The quantitative estimate of drug-likeness (QED) is 0.705. The second kappa shape index (κ2) is 4.18. The molecule has 0 spiro atoms. The number of halogens is 1. The summed E-state index contributed by atoms with van der Waals surface area (Å²) in [5.74, 6) is 1.52. The summed E-state index contributed by atoms with van der Waals surface area (Å²) < 4.78 is 13.3. The summed E-state index contributed by atoms with van der Waals surface area (Å²) in [6, 6.07) is 4.63. The Morgan fingerprint density at radius 2 is 1.86 bits per heavy atom. The molecule has 1 aromatic rings. The molecule has 1 aromatic carbocycles. The fourth-order valence-corrected chi connectivity index (χ4v) is 6.15. The summed E-state index contributed by atoms with van der Waals surface area (Å²) in [6.07, 6.45) is 7.11. The first-order chi connectivity index (χ1) is 9.89. The van der Waals surface area contributed by atoms with Gasteiger partial charge in [0.2, 0.25) is 0 Å². The molecule has 4 bridgehead atoms. The molecule has 4 fully saturated rings. The first-order valence-corrected chi connectivity index (χ1v) is 8.20. The fraction of sp³-hybridized carbons (Fsp3) is 0.632. The van der Waals surface area contributed by atoms with E-state index in [0.717, 1.165) is 42.2 Å². The number of carbonyl (C=O) groups is 1. The lowest BCUT2D eigenvalue weighted by molar-refractivity contribution is -0.0820. The van der Waals surface area contributed by atoms with Crippen molar-refractivity contribution in [2.45, 2.75) is 52.4 Å². The summed E-state index contributed by atoms with van der Waals surface area (Å²) in [7, 11) is 0. The normalized spacial score (nSPS) is 40.5. The summed E-state index contributed by atoms with van der Waals surface area (Å²) in [4.78, 5) is 13.3. The van der Waals surface area contributed by atoms with Crippen LogP contribution in [-0.2, 0) is 0 Å². The number of Topliss-reactive ketones (excluding diaryl/α,β-unsaturated/α-hetero) is 1. The minimum absolute atomic E-state index is 0.151. The van der Waals surface area contributed by atoms with E-state index in [9.17, 15) is 9.18 Å². The van der Waals surface area contributed by atoms with Crippen molar-refractivity contribution in [2.24, 2.45) is 22.7 Å². The Balaban J connectivity index is 1.74. The van der Waals surface area contributed by atoms with Gasteiger partial charge in [0.05, 0.1) is 0 Å². The largest absolute Gasteiger partial charge is 0.294 e. The van der Waals surface area contributed by atoms with Gasteiger partial charge >= 0.3 is 0 Å². The highest BCUT2D eigenvalue weighted by Crippen LogP contribution is 2.65. The Morgan fingerprint density at radius 3 is 2.43 bits per heavy atom. The highest BCUT2D eigenvalue weighted by atomic mass is 19.1. The third kappa shape index (κ3) is 1.98. The molecule has 4 aliphatic rings. The zero-order valence-electron chi connectivity index (χ0n) is 12.9. The topological polar surface area (TPSA) is 17.1 Å². The van der Waals surface area contributed by atoms with Crippen LogP contribution >= 0.6 is 0 Å². The van der Waals surface area contributed by atoms with Crippen LogP contribution in [0.5, 0.6) is 0 Å². The Bertz CT molecular complexity index is 604. The number of hydrogen-bond acceptors (Lipinski definition) is 1. The number of benzene rings is 1. The Kier molecular flexibility index (Phi) is 2.68. The Hall–Kier alpha value is -1.18. The molecule has 5 rings (SSSR count). The van der Waals surface area contributed by atoms with Gasteiger partial charge < -0.3 is 0 Å². The van der Waals surface area contributed by atoms with E-state index in [2.05, 4.69) is 6.92 Å². The van der Waals surface area contributed by atoms with E-state index in [1.165, 1.54) is 31.4 Å². The lowest BCUT2D eigenvalue weighted by Crippen LogP contribution is -2.54. The number of rotatable bonds is 2. The molecule has 4 saturated carbocycles. The van der Waals surface area contributed by atoms with Crippen LogP contribution in [0.25, 0.3) is 0 Å². The van der Waals surface area contributed by atoms with Gasteiger partial charge in [0, 0.05) is 11.0 Å². The maximum absolute atomic E-state index is 13.3. The maximum Gasteiger partial charge on any atom is 0.169 e. The standard InChI is InChI=1S/C19H23FO/c1-12-5-15(20)3-4-16(12)17(21)19-9-13-6-14(10-19)8-18(2,7-13)11-19/h3-5,13-14H,6-11H2,1-2H3. The fourth-order valence-electron chi connectivity index (χ4n) is 6.15. The number of ketones is 1. The first-order valence-electron chi connectivity index (χ1n) is 8.20. The monoisotopic (exact) mass is 286 g/mol. The molecule has 0 aromatic heterocycles. The molecule has 2 atom stereocenters. The van der Waals surface area contributed by atoms with Gasteiger partial charge in [-0.3, -0.25) is 4.79 Å². The lowest BCUT2D eigenvalue weighted by atomic mass is 9.43. The van der Waals surface area contributed by atoms with Crippen molar-refractivity contribution >= 4 is 5.78 Å². The average molecular weight is 286 g/mol. The number of aryl methyl sites for hydroxylation is 1. The van der Waals surface area contributed by atoms with Gasteiger partial charge in [-0.1, -0.05) is 6.92 Å². The van der Waals surface area contributed by atoms with Gasteiger partial charge in [-0.15, -0.1) is 0 Å².